The van der Waals surface area contributed by atoms with Gasteiger partial charge in [-0.25, -0.2) is 4.39 Å². The second-order valence-electron chi connectivity index (χ2n) is 11.3. The zero-order chi connectivity index (χ0) is 30.9. The van der Waals surface area contributed by atoms with Crippen molar-refractivity contribution in [3.05, 3.63) is 118 Å². The van der Waals surface area contributed by atoms with Crippen LogP contribution < -0.4 is 16.4 Å². The van der Waals surface area contributed by atoms with Crippen LogP contribution in [0.15, 0.2) is 78.9 Å². The molecule has 4 aromatic rings. The van der Waals surface area contributed by atoms with Gasteiger partial charge in [-0.1, -0.05) is 68.3 Å². The van der Waals surface area contributed by atoms with E-state index in [0.29, 0.717) is 29.2 Å². The highest BCUT2D eigenvalue weighted by atomic mass is 19.4. The first-order chi connectivity index (χ1) is 20.5. The molecule has 9 heteroatoms. The number of rotatable bonds is 10. The van der Waals surface area contributed by atoms with Gasteiger partial charge in [-0.2, -0.15) is 13.2 Å². The van der Waals surface area contributed by atoms with Gasteiger partial charge in [0.15, 0.2) is 0 Å². The lowest BCUT2D eigenvalue weighted by Gasteiger charge is -2.32. The highest BCUT2D eigenvalue weighted by molar-refractivity contribution is 6.05. The second kappa shape index (κ2) is 12.0. The molecular weight excluding hydrogens is 556 g/mol. The van der Waals surface area contributed by atoms with Gasteiger partial charge in [-0.3, -0.25) is 4.79 Å². The topological polar surface area (TPSA) is 77.3 Å². The van der Waals surface area contributed by atoms with Crippen molar-refractivity contribution in [1.29, 1.82) is 0 Å². The number of benzene rings is 3. The molecule has 5 nitrogen and oxygen atoms in total. The standard InChI is InChI=1S/C34H36F4N4O/c1-3-29-27(34(36,37)38)20-31(42(29)26-11-7-8-23(18-26)21-39)32(43)41(2)30-19-25(14-15-28(30)35)33(40,17-16-22-12-13-22)24-9-5-4-6-10-24/h4-11,14-15,18-20,22H,3,12-13,16-17,21,39-40H2,1-2H3. The van der Waals surface area contributed by atoms with Crippen molar-refractivity contribution < 1.29 is 22.4 Å². The van der Waals surface area contributed by atoms with E-state index in [1.807, 2.05) is 30.3 Å². The van der Waals surface area contributed by atoms with Crippen molar-refractivity contribution in [1.82, 2.24) is 4.57 Å². The fraction of sp³-hybridized carbons (Fsp3) is 0.324. The number of carbonyl (C=O) groups is 1. The summed E-state index contributed by atoms with van der Waals surface area (Å²) in [5, 5.41) is 0. The van der Waals surface area contributed by atoms with E-state index in [-0.39, 0.29) is 30.0 Å². The van der Waals surface area contributed by atoms with Crippen molar-refractivity contribution >= 4 is 11.6 Å². The van der Waals surface area contributed by atoms with Crippen molar-refractivity contribution in [2.75, 3.05) is 11.9 Å². The second-order valence-corrected chi connectivity index (χ2v) is 11.3. The summed E-state index contributed by atoms with van der Waals surface area (Å²) in [7, 11) is 1.36. The van der Waals surface area contributed by atoms with E-state index in [1.165, 1.54) is 17.7 Å². The summed E-state index contributed by atoms with van der Waals surface area (Å²) in [6.45, 7) is 1.77. The zero-order valence-corrected chi connectivity index (χ0v) is 24.3. The average molecular weight is 593 g/mol. The lowest BCUT2D eigenvalue weighted by atomic mass is 9.79. The highest BCUT2D eigenvalue weighted by Crippen LogP contribution is 2.41. The number of amides is 1. The van der Waals surface area contributed by atoms with Crippen LogP contribution in [-0.4, -0.2) is 17.5 Å². The number of aromatic nitrogens is 1. The predicted molar refractivity (Wildman–Crippen MR) is 161 cm³/mol. The Bertz CT molecular complexity index is 1610. The lowest BCUT2D eigenvalue weighted by Crippen LogP contribution is -2.38. The molecule has 1 heterocycles. The molecule has 226 valence electrons. The number of nitrogens with two attached hydrogens (primary N) is 2. The molecule has 1 aliphatic carbocycles. The van der Waals surface area contributed by atoms with Gasteiger partial charge in [0.25, 0.3) is 5.91 Å². The minimum Gasteiger partial charge on any atom is -0.326 e. The monoisotopic (exact) mass is 592 g/mol. The molecule has 4 N–H and O–H groups in total. The summed E-state index contributed by atoms with van der Waals surface area (Å²) in [5.74, 6) is -0.871. The molecule has 0 aliphatic heterocycles. The van der Waals surface area contributed by atoms with Crippen LogP contribution in [0.25, 0.3) is 5.69 Å². The Morgan fingerprint density at radius 2 is 1.70 bits per heavy atom. The first-order valence-corrected chi connectivity index (χ1v) is 14.5. The van der Waals surface area contributed by atoms with E-state index in [4.69, 9.17) is 11.5 Å². The minimum atomic E-state index is -4.70. The van der Waals surface area contributed by atoms with Crippen LogP contribution in [0, 0.1) is 11.7 Å². The van der Waals surface area contributed by atoms with Crippen LogP contribution in [0.4, 0.5) is 23.2 Å². The van der Waals surface area contributed by atoms with Gasteiger partial charge < -0.3 is 20.9 Å². The third-order valence-electron chi connectivity index (χ3n) is 8.43. The summed E-state index contributed by atoms with van der Waals surface area (Å²) < 4.78 is 59.3. The number of alkyl halides is 3. The molecule has 0 spiro atoms. The Hall–Kier alpha value is -3.95. The first-order valence-electron chi connectivity index (χ1n) is 14.5. The van der Waals surface area contributed by atoms with Crippen molar-refractivity contribution in [3.63, 3.8) is 0 Å². The minimum absolute atomic E-state index is 0.0102. The molecule has 5 rings (SSSR count). The Labute approximate surface area is 249 Å². The normalized spacial score (nSPS) is 14.9. The van der Waals surface area contributed by atoms with E-state index in [0.717, 1.165) is 35.8 Å². The summed E-state index contributed by atoms with van der Waals surface area (Å²) in [4.78, 5) is 15.1. The molecule has 1 amide bonds. The Kier molecular flexibility index (Phi) is 8.49. The lowest BCUT2D eigenvalue weighted by molar-refractivity contribution is -0.138. The molecule has 1 aromatic heterocycles. The molecule has 0 radical (unpaired) electrons. The Balaban J connectivity index is 1.60. The number of halogens is 4. The van der Waals surface area contributed by atoms with Gasteiger partial charge in [0.1, 0.15) is 11.5 Å². The van der Waals surface area contributed by atoms with E-state index >= 15 is 4.39 Å². The summed E-state index contributed by atoms with van der Waals surface area (Å²) in [5.41, 5.74) is 13.2. The zero-order valence-electron chi connectivity index (χ0n) is 24.3. The van der Waals surface area contributed by atoms with Gasteiger partial charge >= 0.3 is 6.18 Å². The third kappa shape index (κ3) is 6.10. The molecular formula is C34H36F4N4O. The molecule has 1 atom stereocenters. The molecule has 1 fully saturated rings. The highest BCUT2D eigenvalue weighted by Gasteiger charge is 2.39. The maximum Gasteiger partial charge on any atom is 0.418 e. The van der Waals surface area contributed by atoms with Crippen LogP contribution in [-0.2, 0) is 24.7 Å². The molecule has 1 unspecified atom stereocenters. The van der Waals surface area contributed by atoms with Crippen molar-refractivity contribution in [2.24, 2.45) is 17.4 Å². The maximum atomic E-state index is 15.4. The first kappa shape index (κ1) is 30.5. The fourth-order valence-electron chi connectivity index (χ4n) is 5.78. The van der Waals surface area contributed by atoms with Crippen LogP contribution in [0.5, 0.6) is 0 Å². The number of hydrogen-bond donors (Lipinski definition) is 2. The summed E-state index contributed by atoms with van der Waals surface area (Å²) in [6, 6.07) is 21.5. The molecule has 3 aromatic carbocycles. The smallest absolute Gasteiger partial charge is 0.326 e. The van der Waals surface area contributed by atoms with Gasteiger partial charge in [0.2, 0.25) is 0 Å². The van der Waals surface area contributed by atoms with Gasteiger partial charge in [0.05, 0.1) is 16.8 Å². The number of carbonyl (C=O) groups excluding carboxylic acids is 1. The summed E-state index contributed by atoms with van der Waals surface area (Å²) in [6.07, 6.45) is -0.843. The van der Waals surface area contributed by atoms with Crippen molar-refractivity contribution in [3.8, 4) is 5.69 Å². The Morgan fingerprint density at radius 3 is 2.33 bits per heavy atom. The predicted octanol–water partition coefficient (Wildman–Crippen LogP) is 7.33. The number of nitrogens with zero attached hydrogens (tertiary/aromatic N) is 2. The van der Waals surface area contributed by atoms with Crippen LogP contribution >= 0.6 is 0 Å². The molecule has 43 heavy (non-hydrogen) atoms. The van der Waals surface area contributed by atoms with E-state index in [1.54, 1.807) is 43.3 Å². The molecule has 0 bridgehead atoms. The van der Waals surface area contributed by atoms with Gasteiger partial charge in [-0.05, 0) is 72.2 Å². The van der Waals surface area contributed by atoms with Crippen LogP contribution in [0.2, 0.25) is 0 Å². The molecule has 0 saturated heterocycles. The number of anilines is 1. The maximum absolute atomic E-state index is 15.4. The fourth-order valence-corrected chi connectivity index (χ4v) is 5.78. The van der Waals surface area contributed by atoms with E-state index in [9.17, 15) is 18.0 Å². The van der Waals surface area contributed by atoms with E-state index in [2.05, 4.69) is 0 Å². The summed E-state index contributed by atoms with van der Waals surface area (Å²) >= 11 is 0. The average Bonchev–Trinajstić information content (AvgIpc) is 3.76. The quantitative estimate of drug-likeness (QED) is 0.189. The Morgan fingerprint density at radius 1 is 0.977 bits per heavy atom. The molecule has 1 saturated carbocycles. The molecule has 1 aliphatic rings. The van der Waals surface area contributed by atoms with Gasteiger partial charge in [-0.15, -0.1) is 0 Å². The van der Waals surface area contributed by atoms with Crippen LogP contribution in [0.3, 0.4) is 0 Å². The largest absolute Gasteiger partial charge is 0.418 e. The SMILES string of the molecule is CCc1c(C(F)(F)F)cc(C(=O)N(C)c2cc(C(N)(CCC3CC3)c3ccccc3)ccc2F)n1-c1cccc(CN)c1. The number of hydrogen-bond acceptors (Lipinski definition) is 3. The van der Waals surface area contributed by atoms with Crippen LogP contribution in [0.1, 0.15) is 71.0 Å². The third-order valence-corrected chi connectivity index (χ3v) is 8.43. The van der Waals surface area contributed by atoms with Crippen molar-refractivity contribution in [2.45, 2.75) is 57.3 Å². The van der Waals surface area contributed by atoms with E-state index < -0.39 is 29.0 Å². The van der Waals surface area contributed by atoms with Gasteiger partial charge in [0, 0.05) is 25.0 Å².